The Kier molecular flexibility index (Phi) is 10.8. The van der Waals surface area contributed by atoms with Gasteiger partial charge in [0.25, 0.3) is 0 Å². The maximum Gasteiger partial charge on any atom is 0.338 e. The Morgan fingerprint density at radius 2 is 1.54 bits per heavy atom. The lowest BCUT2D eigenvalue weighted by molar-refractivity contribution is -0.343. The number of hydrogen-bond acceptors (Lipinski definition) is 10. The average Bonchev–Trinajstić information content (AvgIpc) is 3.06. The van der Waals surface area contributed by atoms with E-state index in [0.29, 0.717) is 5.57 Å². The van der Waals surface area contributed by atoms with E-state index in [2.05, 4.69) is 40.4 Å². The third-order valence-corrected chi connectivity index (χ3v) is 21.0. The molecule has 2 saturated carbocycles. The maximum atomic E-state index is 16.0. The highest BCUT2D eigenvalue weighted by atomic mass is 28.4. The molecule has 288 valence electrons. The van der Waals surface area contributed by atoms with Crippen LogP contribution in [0, 0.1) is 16.7 Å². The molecule has 0 spiro atoms. The first kappa shape index (κ1) is 40.5. The highest BCUT2D eigenvalue weighted by molar-refractivity contribution is 6.78. The Labute approximate surface area is 311 Å². The zero-order chi connectivity index (χ0) is 38.8. The van der Waals surface area contributed by atoms with Gasteiger partial charge >= 0.3 is 17.9 Å². The molecule has 5 rings (SSSR count). The minimum atomic E-state index is -2.46. The van der Waals surface area contributed by atoms with Gasteiger partial charge in [-0.3, -0.25) is 14.4 Å². The van der Waals surface area contributed by atoms with Gasteiger partial charge in [-0.15, -0.1) is 0 Å². The van der Waals surface area contributed by atoms with Gasteiger partial charge in [0.2, 0.25) is 0 Å². The van der Waals surface area contributed by atoms with Crippen molar-refractivity contribution in [3.8, 4) is 0 Å². The summed E-state index contributed by atoms with van der Waals surface area (Å²) in [6, 6.07) is 11.0. The van der Waals surface area contributed by atoms with Crippen LogP contribution in [0.15, 0.2) is 41.5 Å². The summed E-state index contributed by atoms with van der Waals surface area (Å²) in [5.74, 6) is -3.44. The molecule has 0 unspecified atom stereocenters. The minimum Gasteiger partial charge on any atom is -0.455 e. The van der Waals surface area contributed by atoms with E-state index in [9.17, 15) is 19.5 Å². The molecule has 9 atom stereocenters. The first-order chi connectivity index (χ1) is 24.1. The van der Waals surface area contributed by atoms with Crippen LogP contribution in [0.1, 0.15) is 85.5 Å². The van der Waals surface area contributed by atoms with Crippen LogP contribution in [0.25, 0.3) is 0 Å². The molecule has 0 radical (unpaired) electrons. The van der Waals surface area contributed by atoms with E-state index in [-0.39, 0.29) is 30.6 Å². The van der Waals surface area contributed by atoms with Crippen LogP contribution < -0.4 is 0 Å². The Balaban J connectivity index is 1.93. The monoisotopic (exact) mass is 756 g/mol. The van der Waals surface area contributed by atoms with Gasteiger partial charge in [-0.25, -0.2) is 4.79 Å². The number of carbonyl (C=O) groups is 4. The lowest BCUT2D eigenvalue weighted by atomic mass is 9.45. The zero-order valence-electron chi connectivity index (χ0n) is 33.2. The molecule has 1 aromatic carbocycles. The fraction of sp³-hybridized carbons (Fsp3) is 0.700. The van der Waals surface area contributed by atoms with Gasteiger partial charge < -0.3 is 28.5 Å². The predicted molar refractivity (Wildman–Crippen MR) is 202 cm³/mol. The van der Waals surface area contributed by atoms with Gasteiger partial charge in [-0.1, -0.05) is 78.0 Å². The Morgan fingerprint density at radius 1 is 0.942 bits per heavy atom. The molecule has 12 heteroatoms. The quantitative estimate of drug-likeness (QED) is 0.115. The molecule has 1 N–H and O–H groups in total. The molecule has 3 aliphatic carbocycles. The second-order valence-corrected chi connectivity index (χ2v) is 27.7. The van der Waals surface area contributed by atoms with Crippen molar-refractivity contribution in [2.75, 3.05) is 6.61 Å². The summed E-state index contributed by atoms with van der Waals surface area (Å²) in [6.45, 7) is 22.9. The summed E-state index contributed by atoms with van der Waals surface area (Å²) in [4.78, 5) is 56.6. The summed E-state index contributed by atoms with van der Waals surface area (Å²) in [5, 5.41) is 13.8. The Bertz CT molecular complexity index is 1600. The van der Waals surface area contributed by atoms with Crippen molar-refractivity contribution in [1.29, 1.82) is 0 Å². The van der Waals surface area contributed by atoms with Gasteiger partial charge in [0.1, 0.15) is 17.8 Å². The number of fused-ring (bicyclic) bond motifs is 5. The van der Waals surface area contributed by atoms with E-state index in [1.54, 1.807) is 37.3 Å². The first-order valence-electron chi connectivity index (χ1n) is 19.0. The molecule has 2 bridgehead atoms. The maximum absolute atomic E-state index is 16.0. The summed E-state index contributed by atoms with van der Waals surface area (Å²) < 4.78 is 32.7. The largest absolute Gasteiger partial charge is 0.455 e. The smallest absolute Gasteiger partial charge is 0.338 e. The molecule has 52 heavy (non-hydrogen) atoms. The molecule has 1 saturated heterocycles. The van der Waals surface area contributed by atoms with Crippen LogP contribution in [0.2, 0.25) is 43.3 Å². The second-order valence-electron chi connectivity index (χ2n) is 17.5. The van der Waals surface area contributed by atoms with Gasteiger partial charge in [0, 0.05) is 25.7 Å². The van der Waals surface area contributed by atoms with Crippen molar-refractivity contribution < 1.29 is 47.7 Å². The number of esters is 3. The normalized spacial score (nSPS) is 35.6. The number of allylic oxidation sites excluding steroid dienone is 1. The summed E-state index contributed by atoms with van der Waals surface area (Å²) in [6.07, 6.45) is -3.78. The third-order valence-electron chi connectivity index (χ3n) is 13.6. The number of carbonyl (C=O) groups excluding carboxylic acids is 4. The standard InChI is InChI=1S/C40H60O10Si2/c1-13-52(14-2,15-3)50-29-21-30-39(23-46-30,49-26(6)42)33-35(48-36(44)27-19-17-16-18-20-27)40(45)22-28(51(10,11)12)24(4)31(37(40,7)8)32(47-25(5)41)34(43)38(29,33)9/h16-20,28-30,32-33,35,45H,13-15,21-23H2,1-12H3/t28-,29-,30+,32+,33-,35-,38+,39-,40+/m0/s1. The summed E-state index contributed by atoms with van der Waals surface area (Å²) in [7, 11) is -4.64. The average molecular weight is 757 g/mol. The predicted octanol–water partition coefficient (Wildman–Crippen LogP) is 7.03. The zero-order valence-corrected chi connectivity index (χ0v) is 35.2. The Hall–Kier alpha value is -2.65. The molecular weight excluding hydrogens is 697 g/mol. The molecule has 0 amide bonds. The molecule has 1 heterocycles. The number of aliphatic hydroxyl groups is 1. The van der Waals surface area contributed by atoms with E-state index >= 15 is 4.79 Å². The van der Waals surface area contributed by atoms with Crippen LogP contribution in [0.3, 0.4) is 0 Å². The van der Waals surface area contributed by atoms with Crippen LogP contribution in [0.4, 0.5) is 0 Å². The summed E-state index contributed by atoms with van der Waals surface area (Å²) in [5.41, 5.74) is -4.58. The minimum absolute atomic E-state index is 0.0668. The fourth-order valence-electron chi connectivity index (χ4n) is 10.3. The van der Waals surface area contributed by atoms with Gasteiger partial charge in [-0.05, 0) is 61.6 Å². The number of rotatable bonds is 10. The van der Waals surface area contributed by atoms with E-state index in [1.807, 2.05) is 20.8 Å². The van der Waals surface area contributed by atoms with Crippen LogP contribution in [0.5, 0.6) is 0 Å². The lowest BCUT2D eigenvalue weighted by Gasteiger charge is -2.68. The van der Waals surface area contributed by atoms with Crippen molar-refractivity contribution >= 4 is 40.1 Å². The fourth-order valence-corrected chi connectivity index (χ4v) is 15.7. The molecule has 1 aliphatic heterocycles. The van der Waals surface area contributed by atoms with Crippen LogP contribution in [-0.4, -0.2) is 87.4 Å². The van der Waals surface area contributed by atoms with Crippen molar-refractivity contribution in [3.05, 3.63) is 47.0 Å². The van der Waals surface area contributed by atoms with E-state index in [4.69, 9.17) is 23.4 Å². The van der Waals surface area contributed by atoms with Crippen LogP contribution in [-0.2, 0) is 37.8 Å². The van der Waals surface area contributed by atoms with Crippen molar-refractivity contribution in [3.63, 3.8) is 0 Å². The van der Waals surface area contributed by atoms with Crippen molar-refractivity contribution in [1.82, 2.24) is 0 Å². The topological polar surface area (TPSA) is 135 Å². The summed E-state index contributed by atoms with van der Waals surface area (Å²) >= 11 is 0. The number of benzene rings is 1. The molecule has 3 fully saturated rings. The lowest BCUT2D eigenvalue weighted by Crippen LogP contribution is -2.82. The molecule has 10 nitrogen and oxygen atoms in total. The highest BCUT2D eigenvalue weighted by Crippen LogP contribution is 2.66. The molecule has 1 aromatic rings. The van der Waals surface area contributed by atoms with Gasteiger partial charge in [0.15, 0.2) is 25.8 Å². The third kappa shape index (κ3) is 6.18. The van der Waals surface area contributed by atoms with Gasteiger partial charge in [-0.2, -0.15) is 0 Å². The highest BCUT2D eigenvalue weighted by Gasteiger charge is 2.79. The van der Waals surface area contributed by atoms with E-state index in [1.165, 1.54) is 13.8 Å². The molecular formula is C40H60O10Si2. The second kappa shape index (κ2) is 13.9. The first-order valence-corrected chi connectivity index (χ1v) is 25.1. The number of hydrogen-bond donors (Lipinski definition) is 1. The van der Waals surface area contributed by atoms with Crippen LogP contribution >= 0.6 is 0 Å². The molecule has 4 aliphatic rings. The SMILES string of the molecule is CC[Si](CC)(CC)O[C@H]1C[C@H]2OC[C@@]2(OC(C)=O)[C@H]2[C@H](OC(=O)c3ccccc3)[C@]3(O)C[C@H]([Si](C)(C)C)C(C)=C([C@@H](OC(C)=O)C(=O)[C@]12C)C3(C)C. The molecule has 0 aromatic heterocycles. The van der Waals surface area contributed by atoms with Gasteiger partial charge in [0.05, 0.1) is 37.7 Å². The van der Waals surface area contributed by atoms with E-state index in [0.717, 1.165) is 23.7 Å². The van der Waals surface area contributed by atoms with E-state index < -0.39 is 92.4 Å². The number of ketones is 1. The van der Waals surface area contributed by atoms with Crippen molar-refractivity contribution in [2.45, 2.75) is 154 Å². The van der Waals surface area contributed by atoms with Crippen molar-refractivity contribution in [2.24, 2.45) is 16.7 Å². The number of ether oxygens (including phenoxy) is 4. The Morgan fingerprint density at radius 3 is 2.02 bits per heavy atom. The number of Topliss-reactive ketones (excluding diaryl/α,β-unsaturated/α-hetero) is 1.